The smallest absolute Gasteiger partial charge is 0.268 e. The van der Waals surface area contributed by atoms with Gasteiger partial charge in [-0.3, -0.25) is 14.6 Å². The number of likely N-dealkylation sites (tertiary alicyclic amines) is 3. The van der Waals surface area contributed by atoms with Crippen LogP contribution in [0.3, 0.4) is 0 Å². The normalized spacial score (nSPS) is 27.7. The molecule has 0 aromatic carbocycles. The molecule has 1 unspecified atom stereocenters. The second-order valence-electron chi connectivity index (χ2n) is 9.63. The van der Waals surface area contributed by atoms with Gasteiger partial charge in [0, 0.05) is 44.7 Å². The average molecular weight is 386 g/mol. The number of hydrogen-bond acceptors (Lipinski definition) is 3. The molecule has 156 valence electrons. The summed E-state index contributed by atoms with van der Waals surface area (Å²) in [4.78, 5) is 18.5. The van der Waals surface area contributed by atoms with Crippen molar-refractivity contribution in [3.05, 3.63) is 0 Å². The molecule has 0 saturated carbocycles. The quantitative estimate of drug-likeness (QED) is 0.726. The second kappa shape index (κ2) is 7.94. The van der Waals surface area contributed by atoms with Crippen molar-refractivity contribution in [2.24, 2.45) is 17.3 Å². The van der Waals surface area contributed by atoms with Gasteiger partial charge in [0.05, 0.1) is 12.0 Å². The summed E-state index contributed by atoms with van der Waals surface area (Å²) in [6, 6.07) is 0.362. The first-order valence-electron chi connectivity index (χ1n) is 10.8. The van der Waals surface area contributed by atoms with Crippen molar-refractivity contribution in [2.75, 3.05) is 45.8 Å². The van der Waals surface area contributed by atoms with E-state index in [2.05, 4.69) is 18.7 Å². The number of amides is 1. The van der Waals surface area contributed by atoms with Crippen molar-refractivity contribution in [3.63, 3.8) is 0 Å². The molecule has 27 heavy (non-hydrogen) atoms. The van der Waals surface area contributed by atoms with Gasteiger partial charge in [-0.15, -0.1) is 0 Å². The minimum Gasteiger partial charge on any atom is -0.342 e. The molecule has 4 nitrogen and oxygen atoms in total. The Morgan fingerprint density at radius 1 is 1.07 bits per heavy atom. The lowest BCUT2D eigenvalue weighted by Crippen LogP contribution is -2.72. The van der Waals surface area contributed by atoms with Gasteiger partial charge in [0.25, 0.3) is 5.92 Å². The fraction of sp³-hybridized carbons (Fsp3) is 0.952. The van der Waals surface area contributed by atoms with Crippen molar-refractivity contribution in [1.82, 2.24) is 14.7 Å². The molecule has 1 spiro atoms. The van der Waals surface area contributed by atoms with Gasteiger partial charge in [-0.25, -0.2) is 8.78 Å². The Kier molecular flexibility index (Phi) is 6.17. The molecule has 0 aromatic heterocycles. The topological polar surface area (TPSA) is 26.8 Å². The Morgan fingerprint density at radius 2 is 1.70 bits per heavy atom. The van der Waals surface area contributed by atoms with Crippen LogP contribution in [-0.2, 0) is 4.79 Å². The van der Waals surface area contributed by atoms with Gasteiger partial charge in [0.15, 0.2) is 0 Å². The van der Waals surface area contributed by atoms with Crippen LogP contribution in [0.25, 0.3) is 0 Å². The van der Waals surface area contributed by atoms with Crippen LogP contribution in [0.2, 0.25) is 0 Å². The van der Waals surface area contributed by atoms with Crippen LogP contribution >= 0.6 is 0 Å². The average Bonchev–Trinajstić information content (AvgIpc) is 2.58. The monoisotopic (exact) mass is 385 g/mol. The molecule has 1 amide bonds. The van der Waals surface area contributed by atoms with Gasteiger partial charge in [0.2, 0.25) is 5.91 Å². The van der Waals surface area contributed by atoms with E-state index in [1.54, 1.807) is 0 Å². The first-order valence-corrected chi connectivity index (χ1v) is 10.8. The summed E-state index contributed by atoms with van der Waals surface area (Å²) in [6.45, 7) is 12.3. The van der Waals surface area contributed by atoms with Gasteiger partial charge in [-0.1, -0.05) is 27.7 Å². The van der Waals surface area contributed by atoms with Gasteiger partial charge >= 0.3 is 0 Å². The van der Waals surface area contributed by atoms with Crippen LogP contribution in [0.1, 0.15) is 53.4 Å². The number of halogens is 2. The highest BCUT2D eigenvalue weighted by Crippen LogP contribution is 2.51. The summed E-state index contributed by atoms with van der Waals surface area (Å²) in [6.07, 6.45) is 3.32. The highest BCUT2D eigenvalue weighted by molar-refractivity contribution is 5.78. The van der Waals surface area contributed by atoms with Crippen LogP contribution in [0.5, 0.6) is 0 Å². The van der Waals surface area contributed by atoms with Gasteiger partial charge in [-0.2, -0.15) is 0 Å². The van der Waals surface area contributed by atoms with Gasteiger partial charge in [-0.05, 0) is 38.1 Å². The predicted molar refractivity (Wildman–Crippen MR) is 104 cm³/mol. The number of alkyl halides is 2. The molecule has 1 atom stereocenters. The van der Waals surface area contributed by atoms with Crippen LogP contribution < -0.4 is 0 Å². The van der Waals surface area contributed by atoms with E-state index in [0.29, 0.717) is 31.5 Å². The standard InChI is InChI=1S/C21H37F2N3O/c1-5-17(4)19(27)25-9-6-18(7-10-25)26-13-20(14-26)8-11-24(12-16(2)3)15-21(20,22)23/h16-18H,5-15H2,1-4H3. The lowest BCUT2D eigenvalue weighted by molar-refractivity contribution is -0.233. The van der Waals surface area contributed by atoms with Crippen LogP contribution in [0.15, 0.2) is 0 Å². The Morgan fingerprint density at radius 3 is 2.22 bits per heavy atom. The first-order chi connectivity index (χ1) is 12.7. The van der Waals surface area contributed by atoms with Crippen molar-refractivity contribution in [1.29, 1.82) is 0 Å². The number of nitrogens with zero attached hydrogens (tertiary/aromatic N) is 3. The Labute approximate surface area is 163 Å². The summed E-state index contributed by atoms with van der Waals surface area (Å²) < 4.78 is 29.8. The lowest BCUT2D eigenvalue weighted by Gasteiger charge is -2.60. The number of carbonyl (C=O) groups excluding carboxylic acids is 1. The zero-order valence-corrected chi connectivity index (χ0v) is 17.5. The number of piperidine rings is 2. The van der Waals surface area contributed by atoms with E-state index in [4.69, 9.17) is 0 Å². The highest BCUT2D eigenvalue weighted by Gasteiger charge is 2.63. The van der Waals surface area contributed by atoms with E-state index in [1.807, 2.05) is 23.6 Å². The van der Waals surface area contributed by atoms with E-state index < -0.39 is 11.3 Å². The van der Waals surface area contributed by atoms with Crippen molar-refractivity contribution in [2.45, 2.75) is 65.3 Å². The van der Waals surface area contributed by atoms with Crippen LogP contribution in [-0.4, -0.2) is 78.4 Å². The minimum absolute atomic E-state index is 0.0825. The molecule has 3 rings (SSSR count). The highest BCUT2D eigenvalue weighted by atomic mass is 19.3. The SMILES string of the molecule is CCC(C)C(=O)N1CCC(N2CC3(CCN(CC(C)C)CC3(F)F)C2)CC1. The third-order valence-electron chi connectivity index (χ3n) is 7.07. The predicted octanol–water partition coefficient (Wildman–Crippen LogP) is 3.32. The molecule has 0 aliphatic carbocycles. The van der Waals surface area contributed by atoms with Crippen molar-refractivity contribution in [3.8, 4) is 0 Å². The molecule has 3 saturated heterocycles. The molecule has 3 fully saturated rings. The Balaban J connectivity index is 1.49. The van der Waals surface area contributed by atoms with Crippen LogP contribution in [0, 0.1) is 17.3 Å². The first kappa shape index (κ1) is 21.0. The maximum atomic E-state index is 14.9. The second-order valence-corrected chi connectivity index (χ2v) is 9.63. The van der Waals surface area contributed by atoms with Crippen molar-refractivity contribution >= 4 is 5.91 Å². The van der Waals surface area contributed by atoms with Crippen LogP contribution in [0.4, 0.5) is 8.78 Å². The molecule has 3 aliphatic heterocycles. The zero-order valence-electron chi connectivity index (χ0n) is 17.5. The minimum atomic E-state index is -2.59. The third-order valence-corrected chi connectivity index (χ3v) is 7.07. The maximum absolute atomic E-state index is 14.9. The third kappa shape index (κ3) is 4.16. The molecule has 0 radical (unpaired) electrons. The van der Waals surface area contributed by atoms with Gasteiger partial charge in [0.1, 0.15) is 0 Å². The zero-order chi connectivity index (χ0) is 19.8. The van der Waals surface area contributed by atoms with E-state index >= 15 is 0 Å². The fourth-order valence-corrected chi connectivity index (χ4v) is 5.07. The Bertz CT molecular complexity index is 526. The Hall–Kier alpha value is -0.750. The van der Waals surface area contributed by atoms with E-state index in [9.17, 15) is 13.6 Å². The van der Waals surface area contributed by atoms with Gasteiger partial charge < -0.3 is 4.90 Å². The molecule has 0 aromatic rings. The van der Waals surface area contributed by atoms with Crippen molar-refractivity contribution < 1.29 is 13.6 Å². The number of carbonyl (C=O) groups is 1. The fourth-order valence-electron chi connectivity index (χ4n) is 5.07. The summed E-state index contributed by atoms with van der Waals surface area (Å²) in [7, 11) is 0. The molecule has 3 aliphatic rings. The summed E-state index contributed by atoms with van der Waals surface area (Å²) in [5, 5.41) is 0. The summed E-state index contributed by atoms with van der Waals surface area (Å²) in [5.41, 5.74) is -0.815. The molecule has 3 heterocycles. The van der Waals surface area contributed by atoms with E-state index in [-0.39, 0.29) is 18.4 Å². The summed E-state index contributed by atoms with van der Waals surface area (Å²) in [5.74, 6) is -1.83. The summed E-state index contributed by atoms with van der Waals surface area (Å²) >= 11 is 0. The maximum Gasteiger partial charge on any atom is 0.268 e. The molecule has 0 N–H and O–H groups in total. The number of hydrogen-bond donors (Lipinski definition) is 0. The molecule has 0 bridgehead atoms. The largest absolute Gasteiger partial charge is 0.342 e. The molecule has 6 heteroatoms. The molecular weight excluding hydrogens is 348 g/mol. The van der Waals surface area contributed by atoms with E-state index in [1.165, 1.54) is 0 Å². The number of rotatable bonds is 5. The lowest BCUT2D eigenvalue weighted by atomic mass is 9.68. The molecular formula is C21H37F2N3O. The van der Waals surface area contributed by atoms with E-state index in [0.717, 1.165) is 45.4 Å².